The first-order valence-electron chi connectivity index (χ1n) is 10.3. The monoisotopic (exact) mass is 398 g/mol. The van der Waals surface area contributed by atoms with Gasteiger partial charge >= 0.3 is 5.97 Å². The smallest absolute Gasteiger partial charge is 0.355 e. The summed E-state index contributed by atoms with van der Waals surface area (Å²) < 4.78 is 28.0. The number of hydrogen-bond donors (Lipinski definition) is 0. The number of carbonyl (C=O) groups excluding carboxylic acids is 1. The first-order valence-corrected chi connectivity index (χ1v) is 10.3. The molecule has 1 saturated heterocycles. The van der Waals surface area contributed by atoms with Gasteiger partial charge in [-0.05, 0) is 75.6 Å². The number of hydrogen-bond acceptors (Lipinski definition) is 4. The second-order valence-electron chi connectivity index (χ2n) is 8.97. The molecule has 1 aliphatic heterocycles. The van der Waals surface area contributed by atoms with Crippen LogP contribution in [0.2, 0.25) is 0 Å². The molecular formula is C23H27FN2O3. The fourth-order valence-corrected chi connectivity index (χ4v) is 4.77. The number of carbonyl (C=O) groups is 1. The summed E-state index contributed by atoms with van der Waals surface area (Å²) in [7, 11) is 0. The minimum absolute atomic E-state index is 0.0478. The predicted octanol–water partition coefficient (Wildman–Crippen LogP) is 4.89. The van der Waals surface area contributed by atoms with E-state index in [0.29, 0.717) is 23.9 Å². The highest BCUT2D eigenvalue weighted by Gasteiger charge is 2.56. The van der Waals surface area contributed by atoms with Crippen molar-refractivity contribution in [1.29, 1.82) is 5.26 Å². The summed E-state index contributed by atoms with van der Waals surface area (Å²) in [5, 5.41) is 10.5. The van der Waals surface area contributed by atoms with Gasteiger partial charge in [0.1, 0.15) is 17.1 Å². The number of benzene rings is 1. The van der Waals surface area contributed by atoms with E-state index in [2.05, 4.69) is 19.9 Å². The van der Waals surface area contributed by atoms with Gasteiger partial charge in [0.15, 0.2) is 0 Å². The average molecular weight is 398 g/mol. The van der Waals surface area contributed by atoms with Gasteiger partial charge < -0.3 is 14.0 Å². The SMILES string of the molecule is CCOC(=O)c1cc2cc(C3CCOC(C)(C)C3)cc(F)c2n1[C@@]1(C#N)C[C@@H]1C. The minimum Gasteiger partial charge on any atom is -0.461 e. The lowest BCUT2D eigenvalue weighted by molar-refractivity contribution is -0.0593. The molecule has 2 heterocycles. The molecule has 0 bridgehead atoms. The van der Waals surface area contributed by atoms with E-state index < -0.39 is 17.3 Å². The molecule has 154 valence electrons. The van der Waals surface area contributed by atoms with Crippen LogP contribution < -0.4 is 0 Å². The maximum atomic E-state index is 15.4. The van der Waals surface area contributed by atoms with Crippen LogP contribution in [-0.2, 0) is 15.0 Å². The summed E-state index contributed by atoms with van der Waals surface area (Å²) in [4.78, 5) is 12.6. The Morgan fingerprint density at radius 2 is 2.10 bits per heavy atom. The fourth-order valence-electron chi connectivity index (χ4n) is 4.77. The number of halogens is 1. The summed E-state index contributed by atoms with van der Waals surface area (Å²) in [6.45, 7) is 8.64. The van der Waals surface area contributed by atoms with Gasteiger partial charge in [0.05, 0.1) is 23.8 Å². The fraction of sp³-hybridized carbons (Fsp3) is 0.565. The van der Waals surface area contributed by atoms with Crippen molar-refractivity contribution in [1.82, 2.24) is 4.57 Å². The average Bonchev–Trinajstić information content (AvgIpc) is 3.15. The largest absolute Gasteiger partial charge is 0.461 e. The van der Waals surface area contributed by atoms with Gasteiger partial charge in [-0.1, -0.05) is 6.92 Å². The molecule has 2 fully saturated rings. The van der Waals surface area contributed by atoms with Gasteiger partial charge in [-0.25, -0.2) is 9.18 Å². The van der Waals surface area contributed by atoms with Crippen LogP contribution in [0.4, 0.5) is 4.39 Å². The quantitative estimate of drug-likeness (QED) is 0.688. The van der Waals surface area contributed by atoms with E-state index in [9.17, 15) is 10.1 Å². The van der Waals surface area contributed by atoms with Crippen molar-refractivity contribution in [2.45, 2.75) is 64.0 Å². The molecule has 1 aromatic carbocycles. The van der Waals surface area contributed by atoms with E-state index in [-0.39, 0.29) is 29.7 Å². The number of nitriles is 1. The van der Waals surface area contributed by atoms with Gasteiger partial charge in [-0.15, -0.1) is 0 Å². The Morgan fingerprint density at radius 1 is 1.38 bits per heavy atom. The Balaban J connectivity index is 1.87. The Morgan fingerprint density at radius 3 is 2.69 bits per heavy atom. The molecule has 6 heteroatoms. The van der Waals surface area contributed by atoms with Crippen molar-refractivity contribution in [2.24, 2.45) is 5.92 Å². The normalized spacial score (nSPS) is 28.1. The first-order chi connectivity index (χ1) is 13.7. The molecule has 4 rings (SSSR count). The van der Waals surface area contributed by atoms with Crippen LogP contribution in [0.25, 0.3) is 10.9 Å². The molecule has 0 radical (unpaired) electrons. The molecule has 0 N–H and O–H groups in total. The topological polar surface area (TPSA) is 64.2 Å². The maximum Gasteiger partial charge on any atom is 0.355 e. The van der Waals surface area contributed by atoms with Gasteiger partial charge in [0.25, 0.3) is 0 Å². The van der Waals surface area contributed by atoms with Crippen molar-refractivity contribution >= 4 is 16.9 Å². The van der Waals surface area contributed by atoms with Gasteiger partial charge in [0.2, 0.25) is 0 Å². The van der Waals surface area contributed by atoms with Crippen molar-refractivity contribution in [3.05, 3.63) is 35.3 Å². The van der Waals surface area contributed by atoms with Crippen molar-refractivity contribution < 1.29 is 18.7 Å². The van der Waals surface area contributed by atoms with Crippen LogP contribution in [0.3, 0.4) is 0 Å². The van der Waals surface area contributed by atoms with E-state index in [1.165, 1.54) is 0 Å². The third-order valence-electron chi connectivity index (χ3n) is 6.39. The van der Waals surface area contributed by atoms with Crippen LogP contribution in [0, 0.1) is 23.1 Å². The molecule has 0 amide bonds. The van der Waals surface area contributed by atoms with Crippen LogP contribution in [0.5, 0.6) is 0 Å². The summed E-state index contributed by atoms with van der Waals surface area (Å²) in [6.07, 6.45) is 2.23. The Labute approximate surface area is 170 Å². The third-order valence-corrected chi connectivity index (χ3v) is 6.39. The van der Waals surface area contributed by atoms with E-state index >= 15 is 4.39 Å². The molecule has 0 spiro atoms. The van der Waals surface area contributed by atoms with E-state index in [0.717, 1.165) is 18.4 Å². The Hall–Kier alpha value is -2.39. The van der Waals surface area contributed by atoms with Gasteiger partial charge in [-0.3, -0.25) is 0 Å². The lowest BCUT2D eigenvalue weighted by Crippen LogP contribution is -2.33. The highest BCUT2D eigenvalue weighted by Crippen LogP contribution is 2.52. The lowest BCUT2D eigenvalue weighted by Gasteiger charge is -2.35. The first kappa shape index (κ1) is 19.9. The number of esters is 1. The molecule has 1 aliphatic carbocycles. The number of fused-ring (bicyclic) bond motifs is 1. The molecule has 1 saturated carbocycles. The third kappa shape index (κ3) is 3.22. The van der Waals surface area contributed by atoms with Crippen molar-refractivity contribution in [3.63, 3.8) is 0 Å². The maximum absolute atomic E-state index is 15.4. The van der Waals surface area contributed by atoms with Gasteiger partial charge in [-0.2, -0.15) is 5.26 Å². The molecular weight excluding hydrogens is 371 g/mol. The molecule has 29 heavy (non-hydrogen) atoms. The molecule has 2 aromatic rings. The predicted molar refractivity (Wildman–Crippen MR) is 107 cm³/mol. The highest BCUT2D eigenvalue weighted by atomic mass is 19.1. The zero-order chi connectivity index (χ0) is 21.0. The summed E-state index contributed by atoms with van der Waals surface area (Å²) in [5.41, 5.74) is 0.330. The number of ether oxygens (including phenoxy) is 2. The van der Waals surface area contributed by atoms with Crippen LogP contribution >= 0.6 is 0 Å². The van der Waals surface area contributed by atoms with E-state index in [1.807, 2.05) is 13.0 Å². The molecule has 1 unspecified atom stereocenters. The van der Waals surface area contributed by atoms with Crippen LogP contribution in [-0.4, -0.2) is 29.4 Å². The van der Waals surface area contributed by atoms with E-state index in [1.54, 1.807) is 23.6 Å². The Kier molecular flexibility index (Phi) is 4.70. The van der Waals surface area contributed by atoms with Gasteiger partial charge in [0, 0.05) is 12.0 Å². The summed E-state index contributed by atoms with van der Waals surface area (Å²) >= 11 is 0. The summed E-state index contributed by atoms with van der Waals surface area (Å²) in [6, 6.07) is 7.52. The van der Waals surface area contributed by atoms with Crippen molar-refractivity contribution in [3.8, 4) is 6.07 Å². The number of nitrogens with zero attached hydrogens (tertiary/aromatic N) is 2. The zero-order valence-corrected chi connectivity index (χ0v) is 17.4. The second kappa shape index (κ2) is 6.84. The molecule has 5 nitrogen and oxygen atoms in total. The molecule has 1 aromatic heterocycles. The van der Waals surface area contributed by atoms with Crippen LogP contribution in [0.1, 0.15) is 68.9 Å². The molecule has 3 atom stereocenters. The second-order valence-corrected chi connectivity index (χ2v) is 8.97. The lowest BCUT2D eigenvalue weighted by atomic mass is 9.83. The standard InChI is InChI=1S/C23H27FN2O3/c1-5-28-21(27)19-10-17-8-16(15-6-7-29-22(3,4)12-15)9-18(24)20(17)26(19)23(13-25)11-14(23)2/h8-10,14-15H,5-7,11-12H2,1-4H3/t14-,15?,23+/m0/s1. The number of rotatable bonds is 4. The Bertz CT molecular complexity index is 1020. The van der Waals surface area contributed by atoms with Crippen molar-refractivity contribution in [2.75, 3.05) is 13.2 Å². The summed E-state index contributed by atoms with van der Waals surface area (Å²) in [5.74, 6) is -0.680. The van der Waals surface area contributed by atoms with Crippen LogP contribution in [0.15, 0.2) is 18.2 Å². The number of aromatic nitrogens is 1. The zero-order valence-electron chi connectivity index (χ0n) is 17.4. The minimum atomic E-state index is -0.896. The molecule has 2 aliphatic rings. The highest BCUT2D eigenvalue weighted by molar-refractivity contribution is 5.96. The van der Waals surface area contributed by atoms with E-state index in [4.69, 9.17) is 9.47 Å².